The summed E-state index contributed by atoms with van der Waals surface area (Å²) in [5.41, 5.74) is 3.48. The molecule has 1 aromatic carbocycles. The molecule has 0 spiro atoms. The summed E-state index contributed by atoms with van der Waals surface area (Å²) < 4.78 is 0. The normalized spacial score (nSPS) is 15.3. The minimum atomic E-state index is 0.518. The highest BCUT2D eigenvalue weighted by molar-refractivity contribution is 6.29. The van der Waals surface area contributed by atoms with E-state index in [1.165, 1.54) is 24.8 Å². The summed E-state index contributed by atoms with van der Waals surface area (Å²) in [5, 5.41) is 0.518. The van der Waals surface area contributed by atoms with Crippen LogP contribution in [0.1, 0.15) is 43.5 Å². The first kappa shape index (κ1) is 12.6. The van der Waals surface area contributed by atoms with Crippen LogP contribution >= 0.6 is 11.6 Å². The van der Waals surface area contributed by atoms with E-state index in [0.29, 0.717) is 5.15 Å². The molecular formula is C16H17ClN2. The van der Waals surface area contributed by atoms with Crippen molar-refractivity contribution in [3.63, 3.8) is 0 Å². The quantitative estimate of drug-likeness (QED) is 0.762. The first-order valence-corrected chi connectivity index (χ1v) is 7.28. The predicted molar refractivity (Wildman–Crippen MR) is 78.4 cm³/mol. The van der Waals surface area contributed by atoms with Gasteiger partial charge in [-0.25, -0.2) is 9.97 Å². The monoisotopic (exact) mass is 272 g/mol. The second kappa shape index (κ2) is 5.30. The molecule has 0 unspecified atom stereocenters. The van der Waals surface area contributed by atoms with Crippen molar-refractivity contribution in [1.82, 2.24) is 9.97 Å². The van der Waals surface area contributed by atoms with Crippen LogP contribution in [0.5, 0.6) is 0 Å². The van der Waals surface area contributed by atoms with Gasteiger partial charge in [-0.15, -0.1) is 0 Å². The number of hydrogen-bond donors (Lipinski definition) is 0. The summed E-state index contributed by atoms with van der Waals surface area (Å²) in [4.78, 5) is 8.74. The highest BCUT2D eigenvalue weighted by Crippen LogP contribution is 2.36. The molecule has 19 heavy (non-hydrogen) atoms. The van der Waals surface area contributed by atoms with Crippen molar-refractivity contribution in [1.29, 1.82) is 0 Å². The topological polar surface area (TPSA) is 25.8 Å². The molecule has 3 heteroatoms. The van der Waals surface area contributed by atoms with E-state index < -0.39 is 0 Å². The Morgan fingerprint density at radius 1 is 1.16 bits per heavy atom. The Balaban J connectivity index is 1.90. The first-order chi connectivity index (χ1) is 9.26. The zero-order valence-corrected chi connectivity index (χ0v) is 11.8. The van der Waals surface area contributed by atoms with Gasteiger partial charge in [-0.05, 0) is 24.3 Å². The molecule has 0 bridgehead atoms. The molecule has 1 saturated carbocycles. The van der Waals surface area contributed by atoms with Crippen molar-refractivity contribution in [2.75, 3.05) is 0 Å². The maximum atomic E-state index is 6.04. The lowest BCUT2D eigenvalue weighted by Crippen LogP contribution is -2.08. The van der Waals surface area contributed by atoms with Crippen LogP contribution < -0.4 is 0 Å². The molecule has 1 aliphatic carbocycles. The fraction of sp³-hybridized carbons (Fsp3) is 0.375. The summed E-state index contributed by atoms with van der Waals surface area (Å²) in [6, 6.07) is 10.6. The summed E-state index contributed by atoms with van der Waals surface area (Å²) in [6.07, 6.45) is 4.83. The van der Waals surface area contributed by atoms with Gasteiger partial charge in [0.05, 0.1) is 5.69 Å². The summed E-state index contributed by atoms with van der Waals surface area (Å²) in [6.45, 7) is 2.04. The molecule has 0 N–H and O–H groups in total. The van der Waals surface area contributed by atoms with Crippen molar-refractivity contribution < 1.29 is 0 Å². The molecule has 98 valence electrons. The van der Waals surface area contributed by atoms with Crippen molar-refractivity contribution in [2.24, 2.45) is 0 Å². The maximum Gasteiger partial charge on any atom is 0.133 e. The number of aryl methyl sites for hydroxylation is 1. The van der Waals surface area contributed by atoms with Gasteiger partial charge < -0.3 is 0 Å². The summed E-state index contributed by atoms with van der Waals surface area (Å²) in [7, 11) is 0. The Morgan fingerprint density at radius 3 is 2.47 bits per heavy atom. The van der Waals surface area contributed by atoms with Gasteiger partial charge in [0, 0.05) is 18.1 Å². The predicted octanol–water partition coefficient (Wildman–Crippen LogP) is 4.63. The Bertz CT molecular complexity index is 574. The summed E-state index contributed by atoms with van der Waals surface area (Å²) >= 11 is 6.04. The Kier molecular flexibility index (Phi) is 3.52. The maximum absolute atomic E-state index is 6.04. The number of hydrogen-bond acceptors (Lipinski definition) is 2. The molecule has 0 saturated heterocycles. The second-order valence-electron chi connectivity index (χ2n) is 5.10. The van der Waals surface area contributed by atoms with Crippen LogP contribution in [0.4, 0.5) is 0 Å². The molecule has 1 fully saturated rings. The molecule has 0 amide bonds. The van der Waals surface area contributed by atoms with Gasteiger partial charge in [0.15, 0.2) is 0 Å². The van der Waals surface area contributed by atoms with Crippen LogP contribution in [0.2, 0.25) is 5.15 Å². The van der Waals surface area contributed by atoms with Crippen LogP contribution in [0.25, 0.3) is 11.3 Å². The van der Waals surface area contributed by atoms with Crippen molar-refractivity contribution in [2.45, 2.75) is 38.5 Å². The standard InChI is InChI=1S/C16H17ClN2/c1-2-16-18-14(10-15(17)19-16)13-8-6-12(7-9-13)11-4-3-5-11/h6-11H,2-5H2,1H3. The van der Waals surface area contributed by atoms with Crippen LogP contribution in [0, 0.1) is 0 Å². The third-order valence-electron chi connectivity index (χ3n) is 3.84. The molecule has 2 aromatic rings. The fourth-order valence-electron chi connectivity index (χ4n) is 2.44. The van der Waals surface area contributed by atoms with Crippen LogP contribution in [0.3, 0.4) is 0 Å². The number of aromatic nitrogens is 2. The smallest absolute Gasteiger partial charge is 0.133 e. The van der Waals surface area contributed by atoms with E-state index in [4.69, 9.17) is 11.6 Å². The minimum Gasteiger partial charge on any atom is -0.233 e. The number of nitrogens with zero attached hydrogens (tertiary/aromatic N) is 2. The Morgan fingerprint density at radius 2 is 1.89 bits per heavy atom. The molecule has 0 aliphatic heterocycles. The van der Waals surface area contributed by atoms with Gasteiger partial charge in [-0.2, -0.15) is 0 Å². The van der Waals surface area contributed by atoms with Crippen molar-refractivity contribution in [3.8, 4) is 11.3 Å². The highest BCUT2D eigenvalue weighted by atomic mass is 35.5. The molecule has 0 radical (unpaired) electrons. The van der Waals surface area contributed by atoms with Crippen LogP contribution in [-0.4, -0.2) is 9.97 Å². The van der Waals surface area contributed by atoms with E-state index in [1.54, 1.807) is 0 Å². The third-order valence-corrected chi connectivity index (χ3v) is 4.03. The first-order valence-electron chi connectivity index (χ1n) is 6.90. The van der Waals surface area contributed by atoms with E-state index in [2.05, 4.69) is 34.2 Å². The molecule has 0 atom stereocenters. The van der Waals surface area contributed by atoms with E-state index in [-0.39, 0.29) is 0 Å². The van der Waals surface area contributed by atoms with E-state index >= 15 is 0 Å². The Hall–Kier alpha value is -1.41. The lowest BCUT2D eigenvalue weighted by Gasteiger charge is -2.25. The lowest BCUT2D eigenvalue weighted by atomic mass is 9.80. The zero-order chi connectivity index (χ0) is 13.2. The number of rotatable bonds is 3. The second-order valence-corrected chi connectivity index (χ2v) is 5.48. The van der Waals surface area contributed by atoms with E-state index in [9.17, 15) is 0 Å². The van der Waals surface area contributed by atoms with Gasteiger partial charge in [0.1, 0.15) is 11.0 Å². The van der Waals surface area contributed by atoms with Crippen molar-refractivity contribution >= 4 is 11.6 Å². The lowest BCUT2D eigenvalue weighted by molar-refractivity contribution is 0.420. The SMILES string of the molecule is CCc1nc(Cl)cc(-c2ccc(C3CCC3)cc2)n1. The molecule has 1 heterocycles. The zero-order valence-electron chi connectivity index (χ0n) is 11.1. The minimum absolute atomic E-state index is 0.518. The molecule has 3 rings (SSSR count). The van der Waals surface area contributed by atoms with Crippen molar-refractivity contribution in [3.05, 3.63) is 46.9 Å². The number of benzene rings is 1. The summed E-state index contributed by atoms with van der Waals surface area (Å²) in [5.74, 6) is 1.57. The van der Waals surface area contributed by atoms with Gasteiger partial charge in [-0.1, -0.05) is 49.2 Å². The highest BCUT2D eigenvalue weighted by Gasteiger charge is 2.19. The average Bonchev–Trinajstić information content (AvgIpc) is 2.37. The van der Waals surface area contributed by atoms with E-state index in [0.717, 1.165) is 29.4 Å². The fourth-order valence-corrected chi connectivity index (χ4v) is 2.64. The third kappa shape index (κ3) is 2.64. The van der Waals surface area contributed by atoms with Gasteiger partial charge in [0.25, 0.3) is 0 Å². The molecular weight excluding hydrogens is 256 g/mol. The van der Waals surface area contributed by atoms with E-state index in [1.807, 2.05) is 13.0 Å². The molecule has 2 nitrogen and oxygen atoms in total. The average molecular weight is 273 g/mol. The van der Waals surface area contributed by atoms with Crippen LogP contribution in [-0.2, 0) is 6.42 Å². The van der Waals surface area contributed by atoms with Crippen LogP contribution in [0.15, 0.2) is 30.3 Å². The van der Waals surface area contributed by atoms with Gasteiger partial charge >= 0.3 is 0 Å². The molecule has 1 aliphatic rings. The Labute approximate surface area is 118 Å². The number of halogens is 1. The van der Waals surface area contributed by atoms with Gasteiger partial charge in [-0.3, -0.25) is 0 Å². The van der Waals surface area contributed by atoms with Gasteiger partial charge in [0.2, 0.25) is 0 Å². The molecule has 1 aromatic heterocycles. The largest absolute Gasteiger partial charge is 0.233 e.